The van der Waals surface area contributed by atoms with E-state index in [0.717, 1.165) is 11.3 Å². The predicted octanol–water partition coefficient (Wildman–Crippen LogP) is 0.136. The van der Waals surface area contributed by atoms with Crippen molar-refractivity contribution in [1.82, 2.24) is 13.5 Å². The van der Waals surface area contributed by atoms with Crippen molar-refractivity contribution in [1.29, 1.82) is 0 Å². The first-order chi connectivity index (χ1) is 11.8. The molecule has 136 valence electrons. The fourth-order valence-electron chi connectivity index (χ4n) is 3.10. The van der Waals surface area contributed by atoms with Crippen LogP contribution in [0.2, 0.25) is 0 Å². The summed E-state index contributed by atoms with van der Waals surface area (Å²) in [4.78, 5) is 25.9. The fraction of sp³-hybridized carbons (Fsp3) is 0.500. The van der Waals surface area contributed by atoms with Gasteiger partial charge in [-0.05, 0) is 30.2 Å². The van der Waals surface area contributed by atoms with Gasteiger partial charge in [-0.15, -0.1) is 0 Å². The van der Waals surface area contributed by atoms with Crippen LogP contribution < -0.4 is 5.32 Å². The van der Waals surface area contributed by atoms with E-state index in [9.17, 15) is 18.0 Å². The molecule has 0 saturated carbocycles. The van der Waals surface area contributed by atoms with Crippen LogP contribution in [0.5, 0.6) is 0 Å². The molecule has 1 fully saturated rings. The average Bonchev–Trinajstić information content (AvgIpc) is 2.77. The molecule has 0 atom stereocenters. The number of benzene rings is 1. The van der Waals surface area contributed by atoms with E-state index in [1.54, 1.807) is 23.1 Å². The molecular formula is C16H22N4O4S. The van der Waals surface area contributed by atoms with Gasteiger partial charge >= 0.3 is 0 Å². The Morgan fingerprint density at radius 3 is 2.64 bits per heavy atom. The Morgan fingerprint density at radius 1 is 1.16 bits per heavy atom. The quantitative estimate of drug-likeness (QED) is 0.824. The Kier molecular flexibility index (Phi) is 4.81. The standard InChI is InChI=1S/C16H22N4O4S/c1-18(2)25(23,24)20-7-3-6-19(8-9-20)16(22)12-4-5-14-13(10-12)11-15(21)17-14/h4-5,10H,3,6-9,11H2,1-2H3,(H,17,21). The summed E-state index contributed by atoms with van der Waals surface area (Å²) in [6.07, 6.45) is 0.870. The van der Waals surface area contributed by atoms with Crippen LogP contribution in [0.1, 0.15) is 22.3 Å². The van der Waals surface area contributed by atoms with Crippen molar-refractivity contribution in [3.05, 3.63) is 29.3 Å². The molecule has 3 rings (SSSR count). The number of fused-ring (bicyclic) bond motifs is 1. The zero-order chi connectivity index (χ0) is 18.2. The molecule has 0 spiro atoms. The second kappa shape index (κ2) is 6.74. The minimum absolute atomic E-state index is 0.0705. The first-order valence-corrected chi connectivity index (χ1v) is 9.58. The maximum absolute atomic E-state index is 12.8. The first kappa shape index (κ1) is 17.8. The van der Waals surface area contributed by atoms with Crippen molar-refractivity contribution in [3.63, 3.8) is 0 Å². The second-order valence-corrected chi connectivity index (χ2v) is 8.57. The smallest absolute Gasteiger partial charge is 0.281 e. The Hall–Kier alpha value is -1.97. The summed E-state index contributed by atoms with van der Waals surface area (Å²) in [5.41, 5.74) is 2.10. The Bertz CT molecular complexity index is 806. The number of nitrogens with zero attached hydrogens (tertiary/aromatic N) is 3. The maximum Gasteiger partial charge on any atom is 0.281 e. The summed E-state index contributed by atoms with van der Waals surface area (Å²) in [5.74, 6) is -0.204. The molecule has 0 unspecified atom stereocenters. The van der Waals surface area contributed by atoms with Crippen molar-refractivity contribution in [2.45, 2.75) is 12.8 Å². The first-order valence-electron chi connectivity index (χ1n) is 8.18. The average molecular weight is 366 g/mol. The summed E-state index contributed by atoms with van der Waals surface area (Å²) in [5, 5.41) is 2.74. The van der Waals surface area contributed by atoms with Crippen LogP contribution in [0.4, 0.5) is 5.69 Å². The predicted molar refractivity (Wildman–Crippen MR) is 93.5 cm³/mol. The molecule has 1 aromatic carbocycles. The molecule has 2 aliphatic heterocycles. The lowest BCUT2D eigenvalue weighted by Gasteiger charge is -2.24. The molecular weight excluding hydrogens is 344 g/mol. The molecule has 8 nitrogen and oxygen atoms in total. The van der Waals surface area contributed by atoms with Gasteiger partial charge in [0, 0.05) is 51.5 Å². The second-order valence-electron chi connectivity index (χ2n) is 6.43. The third kappa shape index (κ3) is 3.53. The number of hydrogen-bond acceptors (Lipinski definition) is 4. The topological polar surface area (TPSA) is 90.0 Å². The zero-order valence-electron chi connectivity index (χ0n) is 14.4. The van der Waals surface area contributed by atoms with E-state index >= 15 is 0 Å². The van der Waals surface area contributed by atoms with E-state index in [-0.39, 0.29) is 24.8 Å². The molecule has 1 saturated heterocycles. The summed E-state index contributed by atoms with van der Waals surface area (Å²) in [6.45, 7) is 1.52. The zero-order valence-corrected chi connectivity index (χ0v) is 15.2. The highest BCUT2D eigenvalue weighted by molar-refractivity contribution is 7.86. The van der Waals surface area contributed by atoms with Crippen molar-refractivity contribution >= 4 is 27.7 Å². The molecule has 0 aromatic heterocycles. The normalized spacial score (nSPS) is 18.8. The summed E-state index contributed by atoms with van der Waals surface area (Å²) < 4.78 is 27.1. The highest BCUT2D eigenvalue weighted by atomic mass is 32.2. The van der Waals surface area contributed by atoms with Gasteiger partial charge in [0.25, 0.3) is 16.1 Å². The van der Waals surface area contributed by atoms with Gasteiger partial charge in [-0.25, -0.2) is 0 Å². The Labute approximate surface area is 147 Å². The molecule has 2 amide bonds. The number of rotatable bonds is 3. The molecule has 0 radical (unpaired) electrons. The molecule has 1 aromatic rings. The molecule has 1 N–H and O–H groups in total. The molecule has 2 heterocycles. The van der Waals surface area contributed by atoms with Crippen LogP contribution in [-0.2, 0) is 21.4 Å². The van der Waals surface area contributed by atoms with E-state index < -0.39 is 10.2 Å². The van der Waals surface area contributed by atoms with Gasteiger partial charge in [0.15, 0.2) is 0 Å². The van der Waals surface area contributed by atoms with E-state index in [2.05, 4.69) is 5.32 Å². The van der Waals surface area contributed by atoms with Gasteiger partial charge in [0.1, 0.15) is 0 Å². The van der Waals surface area contributed by atoms with Crippen molar-refractivity contribution in [2.75, 3.05) is 45.6 Å². The number of nitrogens with one attached hydrogen (secondary N) is 1. The Balaban J connectivity index is 1.72. The number of anilines is 1. The third-order valence-electron chi connectivity index (χ3n) is 4.51. The lowest BCUT2D eigenvalue weighted by atomic mass is 10.1. The minimum Gasteiger partial charge on any atom is -0.337 e. The summed E-state index contributed by atoms with van der Waals surface area (Å²) >= 11 is 0. The monoisotopic (exact) mass is 366 g/mol. The largest absolute Gasteiger partial charge is 0.337 e. The number of carbonyl (C=O) groups is 2. The molecule has 25 heavy (non-hydrogen) atoms. The number of hydrogen-bond donors (Lipinski definition) is 1. The minimum atomic E-state index is -3.47. The van der Waals surface area contributed by atoms with Gasteiger partial charge in [0.2, 0.25) is 5.91 Å². The van der Waals surface area contributed by atoms with Crippen LogP contribution in [0, 0.1) is 0 Å². The summed E-state index contributed by atoms with van der Waals surface area (Å²) in [7, 11) is -0.462. The molecule has 0 aliphatic carbocycles. The van der Waals surface area contributed by atoms with Crippen molar-refractivity contribution in [3.8, 4) is 0 Å². The van der Waals surface area contributed by atoms with Gasteiger partial charge < -0.3 is 10.2 Å². The summed E-state index contributed by atoms with van der Waals surface area (Å²) in [6, 6.07) is 5.19. The van der Waals surface area contributed by atoms with Gasteiger partial charge in [-0.2, -0.15) is 17.0 Å². The van der Waals surface area contributed by atoms with Crippen LogP contribution in [-0.4, -0.2) is 74.0 Å². The van der Waals surface area contributed by atoms with E-state index in [1.165, 1.54) is 22.7 Å². The van der Waals surface area contributed by atoms with Crippen LogP contribution >= 0.6 is 0 Å². The van der Waals surface area contributed by atoms with Gasteiger partial charge in [0.05, 0.1) is 6.42 Å². The molecule has 9 heteroatoms. The number of amides is 2. The van der Waals surface area contributed by atoms with Gasteiger partial charge in [-0.1, -0.05) is 0 Å². The highest BCUT2D eigenvalue weighted by Crippen LogP contribution is 2.24. The van der Waals surface area contributed by atoms with Crippen molar-refractivity contribution in [2.24, 2.45) is 0 Å². The molecule has 2 aliphatic rings. The van der Waals surface area contributed by atoms with Crippen LogP contribution in [0.3, 0.4) is 0 Å². The van der Waals surface area contributed by atoms with E-state index in [4.69, 9.17) is 0 Å². The number of carbonyl (C=O) groups excluding carboxylic acids is 2. The van der Waals surface area contributed by atoms with Gasteiger partial charge in [-0.3, -0.25) is 9.59 Å². The van der Waals surface area contributed by atoms with E-state index in [1.807, 2.05) is 0 Å². The third-order valence-corrected chi connectivity index (χ3v) is 6.45. The maximum atomic E-state index is 12.8. The SMILES string of the molecule is CN(C)S(=O)(=O)N1CCCN(C(=O)c2ccc3c(c2)CC(=O)N3)CC1. The molecule has 0 bridgehead atoms. The highest BCUT2D eigenvalue weighted by Gasteiger charge is 2.29. The van der Waals surface area contributed by atoms with E-state index in [0.29, 0.717) is 31.6 Å². The Morgan fingerprint density at radius 2 is 1.92 bits per heavy atom. The van der Waals surface area contributed by atoms with Crippen LogP contribution in [0.25, 0.3) is 0 Å². The van der Waals surface area contributed by atoms with Crippen molar-refractivity contribution < 1.29 is 18.0 Å². The lowest BCUT2D eigenvalue weighted by molar-refractivity contribution is -0.115. The fourth-order valence-corrected chi connectivity index (χ4v) is 4.24. The lowest BCUT2D eigenvalue weighted by Crippen LogP contribution is -2.42. The van der Waals surface area contributed by atoms with Crippen LogP contribution in [0.15, 0.2) is 18.2 Å².